The molecule has 3 rings (SSSR count). The number of carbonyl (C=O) groups is 1. The molecule has 0 bridgehead atoms. The molecule has 0 N–H and O–H groups in total. The number of rotatable bonds is 8. The van der Waals surface area contributed by atoms with Crippen molar-refractivity contribution < 1.29 is 19.0 Å². The monoisotopic (exact) mass is 371 g/mol. The molecule has 1 saturated heterocycles. The van der Waals surface area contributed by atoms with E-state index in [1.54, 1.807) is 12.4 Å². The summed E-state index contributed by atoms with van der Waals surface area (Å²) >= 11 is 0. The van der Waals surface area contributed by atoms with Crippen LogP contribution in [0.4, 0.5) is 4.79 Å². The predicted octanol–water partition coefficient (Wildman–Crippen LogP) is 4.57. The first-order valence-electron chi connectivity index (χ1n) is 9.91. The SMILES string of the molecule is O=C(OCCCc1ccc(CCOC2CCCCO2)cc1)N1C=CCC=C1. The van der Waals surface area contributed by atoms with E-state index in [0.717, 1.165) is 45.1 Å². The minimum atomic E-state index is -0.320. The van der Waals surface area contributed by atoms with Gasteiger partial charge in [-0.2, -0.15) is 0 Å². The average Bonchev–Trinajstić information content (AvgIpc) is 2.73. The van der Waals surface area contributed by atoms with Gasteiger partial charge in [0.25, 0.3) is 0 Å². The molecule has 1 unspecified atom stereocenters. The van der Waals surface area contributed by atoms with Gasteiger partial charge in [-0.05, 0) is 56.1 Å². The normalized spacial score (nSPS) is 19.3. The number of nitrogens with zero attached hydrogens (tertiary/aromatic N) is 1. The van der Waals surface area contributed by atoms with Crippen LogP contribution in [0.5, 0.6) is 0 Å². The van der Waals surface area contributed by atoms with Crippen LogP contribution < -0.4 is 0 Å². The first-order chi connectivity index (χ1) is 13.3. The summed E-state index contributed by atoms with van der Waals surface area (Å²) < 4.78 is 16.7. The Labute approximate surface area is 161 Å². The molecule has 146 valence electrons. The lowest BCUT2D eigenvalue weighted by atomic mass is 10.1. The fourth-order valence-electron chi connectivity index (χ4n) is 3.13. The van der Waals surface area contributed by atoms with Gasteiger partial charge in [0, 0.05) is 19.0 Å². The van der Waals surface area contributed by atoms with Crippen LogP contribution in [-0.2, 0) is 27.1 Å². The van der Waals surface area contributed by atoms with Crippen molar-refractivity contribution in [2.75, 3.05) is 19.8 Å². The molecule has 0 spiro atoms. The first-order valence-corrected chi connectivity index (χ1v) is 9.91. The lowest BCUT2D eigenvalue weighted by Gasteiger charge is -2.22. The van der Waals surface area contributed by atoms with E-state index in [2.05, 4.69) is 24.3 Å². The van der Waals surface area contributed by atoms with Crippen LogP contribution in [0.2, 0.25) is 0 Å². The molecule has 0 aromatic heterocycles. The Hall–Kier alpha value is -2.11. The summed E-state index contributed by atoms with van der Waals surface area (Å²) in [6.07, 6.45) is 13.8. The van der Waals surface area contributed by atoms with Crippen LogP contribution in [0.3, 0.4) is 0 Å². The van der Waals surface area contributed by atoms with Crippen LogP contribution >= 0.6 is 0 Å². The van der Waals surface area contributed by atoms with Gasteiger partial charge < -0.3 is 14.2 Å². The highest BCUT2D eigenvalue weighted by molar-refractivity contribution is 5.70. The highest BCUT2D eigenvalue weighted by atomic mass is 16.7. The van der Waals surface area contributed by atoms with Crippen molar-refractivity contribution in [2.45, 2.75) is 51.2 Å². The zero-order valence-electron chi connectivity index (χ0n) is 15.8. The molecule has 1 atom stereocenters. The summed E-state index contributed by atoms with van der Waals surface area (Å²) in [5.41, 5.74) is 2.52. The maximum absolute atomic E-state index is 11.8. The van der Waals surface area contributed by atoms with Gasteiger partial charge in [-0.25, -0.2) is 4.79 Å². The maximum Gasteiger partial charge on any atom is 0.417 e. The van der Waals surface area contributed by atoms with Crippen molar-refractivity contribution in [1.29, 1.82) is 0 Å². The molecule has 1 aromatic carbocycles. The van der Waals surface area contributed by atoms with Crippen LogP contribution in [-0.4, -0.2) is 37.1 Å². The predicted molar refractivity (Wildman–Crippen MR) is 104 cm³/mol. The highest BCUT2D eigenvalue weighted by Crippen LogP contribution is 2.14. The van der Waals surface area contributed by atoms with Crippen molar-refractivity contribution in [1.82, 2.24) is 4.90 Å². The second kappa shape index (κ2) is 10.9. The fourth-order valence-corrected chi connectivity index (χ4v) is 3.13. The summed E-state index contributed by atoms with van der Waals surface area (Å²) in [4.78, 5) is 13.3. The number of carbonyl (C=O) groups excluding carboxylic acids is 1. The van der Waals surface area contributed by atoms with Gasteiger partial charge in [0.2, 0.25) is 0 Å². The van der Waals surface area contributed by atoms with Gasteiger partial charge in [-0.1, -0.05) is 36.4 Å². The molecule has 2 aliphatic rings. The molecule has 0 radical (unpaired) electrons. The fraction of sp³-hybridized carbons (Fsp3) is 0.500. The number of benzene rings is 1. The number of aryl methyl sites for hydroxylation is 1. The second-order valence-corrected chi connectivity index (χ2v) is 6.86. The van der Waals surface area contributed by atoms with E-state index < -0.39 is 0 Å². The van der Waals surface area contributed by atoms with E-state index in [9.17, 15) is 4.79 Å². The minimum absolute atomic E-state index is 0.0170. The third kappa shape index (κ3) is 6.85. The molecule has 5 heteroatoms. The van der Waals surface area contributed by atoms with Gasteiger partial charge in [0.1, 0.15) is 0 Å². The van der Waals surface area contributed by atoms with Crippen molar-refractivity contribution in [2.24, 2.45) is 0 Å². The molecule has 2 heterocycles. The number of allylic oxidation sites excluding steroid dienone is 2. The molecule has 1 aromatic rings. The average molecular weight is 371 g/mol. The number of amides is 1. The lowest BCUT2D eigenvalue weighted by Crippen LogP contribution is -2.23. The Kier molecular flexibility index (Phi) is 7.93. The van der Waals surface area contributed by atoms with E-state index in [1.807, 2.05) is 12.2 Å². The summed E-state index contributed by atoms with van der Waals surface area (Å²) in [5, 5.41) is 0. The van der Waals surface area contributed by atoms with Crippen LogP contribution in [0, 0.1) is 0 Å². The molecule has 27 heavy (non-hydrogen) atoms. The van der Waals surface area contributed by atoms with Crippen LogP contribution in [0.1, 0.15) is 43.2 Å². The highest BCUT2D eigenvalue weighted by Gasteiger charge is 2.13. The third-order valence-electron chi connectivity index (χ3n) is 4.71. The largest absolute Gasteiger partial charge is 0.449 e. The van der Waals surface area contributed by atoms with E-state index in [1.165, 1.54) is 22.4 Å². The Morgan fingerprint density at radius 1 is 1.04 bits per heavy atom. The second-order valence-electron chi connectivity index (χ2n) is 6.86. The molecule has 5 nitrogen and oxygen atoms in total. The Bertz CT molecular complexity index is 620. The van der Waals surface area contributed by atoms with Gasteiger partial charge in [0.15, 0.2) is 6.29 Å². The van der Waals surface area contributed by atoms with Crippen molar-refractivity contribution in [3.05, 3.63) is 59.9 Å². The zero-order valence-corrected chi connectivity index (χ0v) is 15.8. The smallest absolute Gasteiger partial charge is 0.417 e. The third-order valence-corrected chi connectivity index (χ3v) is 4.71. The molecular formula is C22H29NO4. The summed E-state index contributed by atoms with van der Waals surface area (Å²) in [6, 6.07) is 8.58. The summed E-state index contributed by atoms with van der Waals surface area (Å²) in [5.74, 6) is 0. The van der Waals surface area contributed by atoms with Crippen molar-refractivity contribution >= 4 is 6.09 Å². The summed E-state index contributed by atoms with van der Waals surface area (Å²) in [6.45, 7) is 1.94. The van der Waals surface area contributed by atoms with E-state index >= 15 is 0 Å². The number of hydrogen-bond donors (Lipinski definition) is 0. The quantitative estimate of drug-likeness (QED) is 0.628. The first kappa shape index (κ1) is 19.6. The molecule has 2 aliphatic heterocycles. The standard InChI is InChI=1S/C22H29NO4/c24-22(23-14-3-1-4-15-23)27-17-6-7-19-9-11-20(12-10-19)13-18-26-21-8-2-5-16-25-21/h3-4,9-12,14-15,21H,1-2,5-8,13,16-18H2. The topological polar surface area (TPSA) is 48.0 Å². The zero-order chi connectivity index (χ0) is 18.7. The van der Waals surface area contributed by atoms with Crippen molar-refractivity contribution in [3.63, 3.8) is 0 Å². The Morgan fingerprint density at radius 2 is 1.78 bits per heavy atom. The van der Waals surface area contributed by atoms with Gasteiger partial charge in [0.05, 0.1) is 13.2 Å². The molecule has 0 saturated carbocycles. The minimum Gasteiger partial charge on any atom is -0.449 e. The van der Waals surface area contributed by atoms with Crippen LogP contribution in [0.25, 0.3) is 0 Å². The molecular weight excluding hydrogens is 342 g/mol. The summed E-state index contributed by atoms with van der Waals surface area (Å²) in [7, 11) is 0. The maximum atomic E-state index is 11.8. The molecule has 0 aliphatic carbocycles. The molecule has 1 fully saturated rings. The Morgan fingerprint density at radius 3 is 2.48 bits per heavy atom. The van der Waals surface area contributed by atoms with Gasteiger partial charge in [-0.3, -0.25) is 4.90 Å². The van der Waals surface area contributed by atoms with Gasteiger partial charge >= 0.3 is 6.09 Å². The van der Waals surface area contributed by atoms with Crippen LogP contribution in [0.15, 0.2) is 48.8 Å². The van der Waals surface area contributed by atoms with Gasteiger partial charge in [-0.15, -0.1) is 0 Å². The number of hydrogen-bond acceptors (Lipinski definition) is 4. The Balaban J connectivity index is 1.29. The van der Waals surface area contributed by atoms with E-state index in [0.29, 0.717) is 13.2 Å². The lowest BCUT2D eigenvalue weighted by molar-refractivity contribution is -0.161. The van der Waals surface area contributed by atoms with E-state index in [4.69, 9.17) is 14.2 Å². The molecule has 1 amide bonds. The number of ether oxygens (including phenoxy) is 3. The van der Waals surface area contributed by atoms with E-state index in [-0.39, 0.29) is 12.4 Å². The van der Waals surface area contributed by atoms with Crippen molar-refractivity contribution in [3.8, 4) is 0 Å².